The standard InChI is InChI=1S/C21H24N4O7S2/c1-3-31-21(26)19-13-15-6-7-16(14-18(15)32-19)34(29,30)23-17-5-4-8-22-20(17)24-9-11-25(12-10-24)33(2,27)28/h4-8,13-14,23H,3,9-12H2,1-2H3. The predicted octanol–water partition coefficient (Wildman–Crippen LogP) is 1.89. The maximum atomic E-state index is 13.1. The zero-order chi connectivity index (χ0) is 24.5. The molecule has 0 spiro atoms. The molecular formula is C21H24N4O7S2. The Kier molecular flexibility index (Phi) is 6.51. The number of nitrogens with one attached hydrogen (secondary N) is 1. The largest absolute Gasteiger partial charge is 0.460 e. The van der Waals surface area contributed by atoms with Gasteiger partial charge in [-0.15, -0.1) is 0 Å². The number of sulfonamides is 2. The van der Waals surface area contributed by atoms with Crippen molar-refractivity contribution in [1.82, 2.24) is 9.29 Å². The summed E-state index contributed by atoms with van der Waals surface area (Å²) in [5.41, 5.74) is 0.497. The molecule has 0 radical (unpaired) electrons. The minimum Gasteiger partial charge on any atom is -0.460 e. The van der Waals surface area contributed by atoms with Crippen molar-refractivity contribution in [3.05, 3.63) is 48.4 Å². The van der Waals surface area contributed by atoms with Gasteiger partial charge in [0.1, 0.15) is 5.58 Å². The molecule has 0 bridgehead atoms. The second-order valence-electron chi connectivity index (χ2n) is 7.66. The van der Waals surface area contributed by atoms with Gasteiger partial charge < -0.3 is 14.1 Å². The summed E-state index contributed by atoms with van der Waals surface area (Å²) in [7, 11) is -7.31. The SMILES string of the molecule is CCOC(=O)c1cc2ccc(S(=O)(=O)Nc3cccnc3N3CCN(S(C)(=O)=O)CC3)cc2o1. The summed E-state index contributed by atoms with van der Waals surface area (Å²) >= 11 is 0. The molecule has 2 aromatic heterocycles. The molecule has 0 atom stereocenters. The van der Waals surface area contributed by atoms with Crippen molar-refractivity contribution in [2.24, 2.45) is 0 Å². The highest BCUT2D eigenvalue weighted by Crippen LogP contribution is 2.29. The van der Waals surface area contributed by atoms with Gasteiger partial charge in [0.05, 0.1) is 23.4 Å². The summed E-state index contributed by atoms with van der Waals surface area (Å²) in [5.74, 6) is -0.234. The molecule has 34 heavy (non-hydrogen) atoms. The fourth-order valence-electron chi connectivity index (χ4n) is 3.65. The number of carbonyl (C=O) groups excluding carboxylic acids is 1. The van der Waals surface area contributed by atoms with Gasteiger partial charge in [0, 0.05) is 43.8 Å². The van der Waals surface area contributed by atoms with Crippen LogP contribution in [0.5, 0.6) is 0 Å². The molecule has 0 amide bonds. The van der Waals surface area contributed by atoms with Gasteiger partial charge >= 0.3 is 5.97 Å². The second kappa shape index (κ2) is 9.24. The van der Waals surface area contributed by atoms with Crippen molar-refractivity contribution in [3.8, 4) is 0 Å². The molecule has 1 aromatic carbocycles. The van der Waals surface area contributed by atoms with Gasteiger partial charge in [-0.2, -0.15) is 4.31 Å². The van der Waals surface area contributed by atoms with Gasteiger partial charge in [-0.1, -0.05) is 0 Å². The molecule has 1 fully saturated rings. The fourth-order valence-corrected chi connectivity index (χ4v) is 5.55. The average molecular weight is 509 g/mol. The number of aromatic nitrogens is 1. The van der Waals surface area contributed by atoms with Crippen LogP contribution in [-0.2, 0) is 24.8 Å². The first-order valence-electron chi connectivity index (χ1n) is 10.5. The molecule has 3 heterocycles. The number of ether oxygens (including phenoxy) is 1. The van der Waals surface area contributed by atoms with E-state index < -0.39 is 26.0 Å². The lowest BCUT2D eigenvalue weighted by Gasteiger charge is -2.34. The van der Waals surface area contributed by atoms with Crippen molar-refractivity contribution >= 4 is 48.5 Å². The third-order valence-electron chi connectivity index (χ3n) is 5.32. The smallest absolute Gasteiger partial charge is 0.374 e. The molecule has 4 rings (SSSR count). The van der Waals surface area contributed by atoms with E-state index in [1.165, 1.54) is 22.5 Å². The highest BCUT2D eigenvalue weighted by atomic mass is 32.2. The highest BCUT2D eigenvalue weighted by Gasteiger charge is 2.26. The lowest BCUT2D eigenvalue weighted by molar-refractivity contribution is 0.0492. The first-order valence-corrected chi connectivity index (χ1v) is 13.8. The zero-order valence-corrected chi connectivity index (χ0v) is 20.2. The number of nitrogens with zero attached hydrogens (tertiary/aromatic N) is 3. The first-order chi connectivity index (χ1) is 16.1. The number of furan rings is 1. The van der Waals surface area contributed by atoms with E-state index in [0.717, 1.165) is 6.26 Å². The number of hydrogen-bond donors (Lipinski definition) is 1. The number of anilines is 2. The predicted molar refractivity (Wildman–Crippen MR) is 126 cm³/mol. The Bertz CT molecular complexity index is 1430. The second-order valence-corrected chi connectivity index (χ2v) is 11.3. The normalized spacial score (nSPS) is 15.4. The summed E-state index contributed by atoms with van der Waals surface area (Å²) in [6.45, 7) is 3.16. The lowest BCUT2D eigenvalue weighted by Crippen LogP contribution is -2.48. The topological polar surface area (TPSA) is 139 Å². The number of carbonyl (C=O) groups is 1. The minimum atomic E-state index is -4.02. The van der Waals surface area contributed by atoms with E-state index in [-0.39, 0.29) is 41.6 Å². The molecule has 13 heteroatoms. The summed E-state index contributed by atoms with van der Waals surface area (Å²) in [4.78, 5) is 18.0. The van der Waals surface area contributed by atoms with E-state index in [0.29, 0.717) is 24.3 Å². The molecule has 0 saturated carbocycles. The Morgan fingerprint density at radius 1 is 1.12 bits per heavy atom. The molecule has 11 nitrogen and oxygen atoms in total. The molecule has 3 aromatic rings. The molecule has 1 aliphatic rings. The van der Waals surface area contributed by atoms with E-state index in [1.807, 2.05) is 4.90 Å². The zero-order valence-electron chi connectivity index (χ0n) is 18.6. The van der Waals surface area contributed by atoms with Gasteiger partial charge in [0.25, 0.3) is 10.0 Å². The van der Waals surface area contributed by atoms with E-state index in [4.69, 9.17) is 9.15 Å². The van der Waals surface area contributed by atoms with Crippen LogP contribution in [0, 0.1) is 0 Å². The van der Waals surface area contributed by atoms with Crippen LogP contribution in [-0.4, -0.2) is 71.1 Å². The molecule has 1 saturated heterocycles. The van der Waals surface area contributed by atoms with Crippen LogP contribution in [0.3, 0.4) is 0 Å². The number of piperazine rings is 1. The van der Waals surface area contributed by atoms with Crippen LogP contribution in [0.25, 0.3) is 11.0 Å². The molecule has 0 unspecified atom stereocenters. The third kappa shape index (κ3) is 5.00. The Balaban J connectivity index is 1.57. The summed E-state index contributed by atoms with van der Waals surface area (Å²) in [6.07, 6.45) is 2.70. The number of rotatable bonds is 7. The van der Waals surface area contributed by atoms with Gasteiger partial charge in [-0.3, -0.25) is 4.72 Å². The van der Waals surface area contributed by atoms with E-state index in [2.05, 4.69) is 9.71 Å². The monoisotopic (exact) mass is 508 g/mol. The quantitative estimate of drug-likeness (QED) is 0.474. The van der Waals surface area contributed by atoms with E-state index >= 15 is 0 Å². The Morgan fingerprint density at radius 3 is 2.53 bits per heavy atom. The minimum absolute atomic E-state index is 0.0119. The lowest BCUT2D eigenvalue weighted by atomic mass is 10.2. The van der Waals surface area contributed by atoms with Crippen molar-refractivity contribution < 1.29 is 30.8 Å². The number of fused-ring (bicyclic) bond motifs is 1. The van der Waals surface area contributed by atoms with Crippen molar-refractivity contribution in [2.75, 3.05) is 48.7 Å². The van der Waals surface area contributed by atoms with Crippen LogP contribution in [0.1, 0.15) is 17.5 Å². The number of esters is 1. The fraction of sp³-hybridized carbons (Fsp3) is 0.333. The Hall–Kier alpha value is -3.16. The van der Waals surface area contributed by atoms with E-state index in [1.54, 1.807) is 31.3 Å². The molecule has 182 valence electrons. The van der Waals surface area contributed by atoms with E-state index in [9.17, 15) is 21.6 Å². The third-order valence-corrected chi connectivity index (χ3v) is 7.98. The van der Waals surface area contributed by atoms with Crippen LogP contribution >= 0.6 is 0 Å². The van der Waals surface area contributed by atoms with Crippen LogP contribution in [0.4, 0.5) is 11.5 Å². The number of benzene rings is 1. The highest BCUT2D eigenvalue weighted by molar-refractivity contribution is 7.92. The summed E-state index contributed by atoms with van der Waals surface area (Å²) in [5, 5.41) is 0.563. The van der Waals surface area contributed by atoms with Crippen LogP contribution < -0.4 is 9.62 Å². The summed E-state index contributed by atoms with van der Waals surface area (Å²) < 4.78 is 64.1. The van der Waals surface area contributed by atoms with Crippen molar-refractivity contribution in [3.63, 3.8) is 0 Å². The van der Waals surface area contributed by atoms with Crippen LogP contribution in [0.15, 0.2) is 51.9 Å². The van der Waals surface area contributed by atoms with Gasteiger partial charge in [0.2, 0.25) is 15.8 Å². The van der Waals surface area contributed by atoms with Crippen molar-refractivity contribution in [1.29, 1.82) is 0 Å². The molecular weight excluding hydrogens is 484 g/mol. The van der Waals surface area contributed by atoms with Crippen molar-refractivity contribution in [2.45, 2.75) is 11.8 Å². The molecule has 1 N–H and O–H groups in total. The van der Waals surface area contributed by atoms with Crippen LogP contribution in [0.2, 0.25) is 0 Å². The molecule has 1 aliphatic heterocycles. The van der Waals surface area contributed by atoms with Gasteiger partial charge in [-0.05, 0) is 37.3 Å². The van der Waals surface area contributed by atoms with Gasteiger partial charge in [0.15, 0.2) is 5.82 Å². The Labute approximate surface area is 197 Å². The maximum absolute atomic E-state index is 13.1. The van der Waals surface area contributed by atoms with Gasteiger partial charge in [-0.25, -0.2) is 26.6 Å². The average Bonchev–Trinajstić information content (AvgIpc) is 3.23. The summed E-state index contributed by atoms with van der Waals surface area (Å²) in [6, 6.07) is 8.98. The molecule has 0 aliphatic carbocycles. The number of pyridine rings is 1. The first kappa shape index (κ1) is 24.0. The number of hydrogen-bond acceptors (Lipinski definition) is 9. The Morgan fingerprint density at radius 2 is 1.85 bits per heavy atom. The maximum Gasteiger partial charge on any atom is 0.374 e.